The minimum absolute atomic E-state index is 0.000667. The van der Waals surface area contributed by atoms with E-state index in [2.05, 4.69) is 121 Å². The van der Waals surface area contributed by atoms with Crippen LogP contribution in [0.4, 0.5) is 91.1 Å². The number of fused-ring (bicyclic) bond motifs is 3. The van der Waals surface area contributed by atoms with Gasteiger partial charge in [-0.15, -0.1) is 0 Å². The summed E-state index contributed by atoms with van der Waals surface area (Å²) in [4.78, 5) is 8.58. The summed E-state index contributed by atoms with van der Waals surface area (Å²) in [7, 11) is -10.4. The molecule has 0 saturated carbocycles. The average Bonchev–Trinajstić information content (AvgIpc) is 1.64. The molecule has 3 saturated heterocycles. The van der Waals surface area contributed by atoms with E-state index in [9.17, 15) is 73.2 Å². The summed E-state index contributed by atoms with van der Waals surface area (Å²) < 4.78 is 241. The first-order chi connectivity index (χ1) is 60.3. The Labute approximate surface area is 728 Å². The summed E-state index contributed by atoms with van der Waals surface area (Å²) in [5.41, 5.74) is 5.98. The van der Waals surface area contributed by atoms with Crippen LogP contribution in [0.3, 0.4) is 0 Å². The molecule has 0 aliphatic carbocycles. The first-order valence-electron chi connectivity index (χ1n) is 40.1. The van der Waals surface area contributed by atoms with Gasteiger partial charge in [0, 0.05) is 86.7 Å². The Morgan fingerprint density at radius 1 is 0.409 bits per heavy atom. The van der Waals surface area contributed by atoms with Crippen LogP contribution in [0, 0.1) is 49.4 Å². The van der Waals surface area contributed by atoms with Gasteiger partial charge in [-0.2, -0.15) is 39.5 Å². The minimum Gasteiger partial charge on any atom is -0.382 e. The molecule has 0 bridgehead atoms. The fraction of sp³-hybridized carbons (Fsp3) is 0.322. The predicted octanol–water partition coefficient (Wildman–Crippen LogP) is 15.4. The third kappa shape index (κ3) is 25.7. The van der Waals surface area contributed by atoms with Crippen molar-refractivity contribution in [2.75, 3.05) is 117 Å². The highest BCUT2D eigenvalue weighted by Crippen LogP contribution is 2.37. The van der Waals surface area contributed by atoms with Crippen LogP contribution in [0.15, 0.2) is 206 Å². The lowest BCUT2D eigenvalue weighted by molar-refractivity contribution is -0.140. The summed E-state index contributed by atoms with van der Waals surface area (Å²) in [6.45, 7) is 3.98. The molecule has 127 heavy (non-hydrogen) atoms. The normalized spacial score (nSPS) is 15.1. The van der Waals surface area contributed by atoms with E-state index in [1.165, 1.54) is 63.9 Å². The molecule has 6 aromatic carbocycles. The van der Waals surface area contributed by atoms with Crippen molar-refractivity contribution in [3.63, 3.8) is 0 Å². The first kappa shape index (κ1) is 92.2. The van der Waals surface area contributed by atoms with Gasteiger partial charge in [0.05, 0.1) is 79.5 Å². The van der Waals surface area contributed by atoms with Crippen molar-refractivity contribution in [1.29, 1.82) is 0 Å². The van der Waals surface area contributed by atoms with E-state index in [4.69, 9.17) is 9.05 Å². The number of benzene rings is 6. The van der Waals surface area contributed by atoms with Gasteiger partial charge in [0.15, 0.2) is 11.6 Å². The third-order valence-electron chi connectivity index (χ3n) is 20.8. The number of sulfone groups is 1. The molecule has 0 amide bonds. The Morgan fingerprint density at radius 3 is 1.02 bits per heavy atom. The lowest BCUT2D eigenvalue weighted by Gasteiger charge is -2.30. The molecule has 670 valence electrons. The Balaban J connectivity index is 0.000000163. The highest BCUT2D eigenvalue weighted by Gasteiger charge is 2.34. The monoisotopic (exact) mass is 1830 g/mol. The number of likely N-dealkylation sites (tertiary alicyclic amines) is 2. The molecule has 12 aromatic rings. The topological polar surface area (TPSA) is 331 Å². The summed E-state index contributed by atoms with van der Waals surface area (Å²) >= 11 is 0. The van der Waals surface area contributed by atoms with E-state index in [0.29, 0.717) is 79.8 Å². The van der Waals surface area contributed by atoms with Gasteiger partial charge in [-0.1, -0.05) is 52.3 Å². The van der Waals surface area contributed by atoms with Crippen LogP contribution in [-0.4, -0.2) is 181 Å². The summed E-state index contributed by atoms with van der Waals surface area (Å²) in [5.74, 6) is 18.7. The van der Waals surface area contributed by atoms with E-state index in [1.54, 1.807) is 129 Å². The molecule has 40 heteroatoms. The molecule has 6 aromatic heterocycles. The van der Waals surface area contributed by atoms with Gasteiger partial charge in [-0.25, -0.2) is 38.7 Å². The zero-order chi connectivity index (χ0) is 90.5. The first-order valence-corrected chi connectivity index (χ1v) is 46.4. The number of halogens is 9. The summed E-state index contributed by atoms with van der Waals surface area (Å²) in [5, 5.41) is 28.7. The number of sulfonamides is 3. The number of alkyl halides is 9. The molecule has 0 radical (unpaired) electrons. The lowest BCUT2D eigenvalue weighted by atomic mass is 10.0. The van der Waals surface area contributed by atoms with Gasteiger partial charge in [-0.05, 0) is 250 Å². The maximum absolute atomic E-state index is 13.5. The number of nitrogens with zero attached hydrogens (tertiary/aromatic N) is 8. The van der Waals surface area contributed by atoms with Crippen molar-refractivity contribution in [2.24, 2.45) is 0 Å². The van der Waals surface area contributed by atoms with Crippen molar-refractivity contribution in [3.05, 3.63) is 211 Å². The molecular formula is C87H90F9N17O10S4. The molecule has 0 unspecified atom stereocenters. The van der Waals surface area contributed by atoms with E-state index in [0.717, 1.165) is 67.8 Å². The molecular weight excluding hydrogens is 1740 g/mol. The summed E-state index contributed by atoms with van der Waals surface area (Å²) in [6, 6.07) is 46.8. The number of pyridine rings is 1. The third-order valence-corrected chi connectivity index (χ3v) is 26.7. The SMILES string of the molecule is CN1CCC(Nc2cccc3c2cc(C#CCNc2ccc(S(=O)(=O)Nc4ccccn4)cc2)n3CC(F)(F)F)CC1.Cc1cc(NS(=O)(=O)c2ccc(NCC#Cc3cc4c(NC5CCN(C)CC5)cccc4n3CC(F)(F)F)cc2)no1.Cc1cc(NS(=O)(=O)c2ccc(NCC#Cc3cc4c(NC5CCS(=O)(=O)CC5)cccc4n3CC(F)(F)F)cc2)no1. The molecule has 15 rings (SSSR count). The molecule has 3 fully saturated rings. The van der Waals surface area contributed by atoms with Crippen LogP contribution < -0.4 is 46.1 Å². The molecule has 3 aliphatic rings. The highest BCUT2D eigenvalue weighted by molar-refractivity contribution is 7.93. The number of nitrogens with one attached hydrogen (secondary N) is 9. The lowest BCUT2D eigenvalue weighted by Crippen LogP contribution is -2.36. The van der Waals surface area contributed by atoms with Crippen molar-refractivity contribution >= 4 is 124 Å². The Bertz CT molecular complexity index is 6540. The Hall–Kier alpha value is -12.5. The molecule has 0 spiro atoms. The van der Waals surface area contributed by atoms with Crippen LogP contribution in [0.1, 0.15) is 67.1 Å². The largest absolute Gasteiger partial charge is 0.406 e. The second kappa shape index (κ2) is 39.6. The second-order valence-corrected chi connectivity index (χ2v) is 38.0. The maximum atomic E-state index is 13.5. The smallest absolute Gasteiger partial charge is 0.382 e. The number of aryl methyl sites for hydroxylation is 2. The van der Waals surface area contributed by atoms with Gasteiger partial charge in [-0.3, -0.25) is 14.2 Å². The van der Waals surface area contributed by atoms with E-state index >= 15 is 0 Å². The number of aromatic nitrogens is 6. The number of rotatable bonds is 24. The van der Waals surface area contributed by atoms with Gasteiger partial charge < -0.3 is 64.4 Å². The minimum atomic E-state index is -4.48. The summed E-state index contributed by atoms with van der Waals surface area (Å²) in [6.07, 6.45) is -7.14. The molecule has 3 aliphatic heterocycles. The number of piperidine rings is 2. The number of hydrogen-bond acceptors (Lipinski definition) is 21. The van der Waals surface area contributed by atoms with Crippen molar-refractivity contribution in [3.8, 4) is 35.5 Å². The molecule has 27 nitrogen and oxygen atoms in total. The van der Waals surface area contributed by atoms with Crippen molar-refractivity contribution in [1.82, 2.24) is 38.8 Å². The highest BCUT2D eigenvalue weighted by atomic mass is 32.2. The van der Waals surface area contributed by atoms with Crippen molar-refractivity contribution in [2.45, 2.75) is 123 Å². The van der Waals surface area contributed by atoms with E-state index < -0.39 is 78.1 Å². The number of anilines is 9. The van der Waals surface area contributed by atoms with Gasteiger partial charge in [0.1, 0.15) is 46.8 Å². The van der Waals surface area contributed by atoms with Crippen molar-refractivity contribution < 1.29 is 82.2 Å². The quantitative estimate of drug-likeness (QED) is 0.0200. The van der Waals surface area contributed by atoms with Crippen LogP contribution in [0.25, 0.3) is 32.7 Å². The fourth-order valence-electron chi connectivity index (χ4n) is 14.5. The van der Waals surface area contributed by atoms with Gasteiger partial charge in [0.2, 0.25) is 0 Å². The molecule has 9 N–H and O–H groups in total. The molecule has 0 atom stereocenters. The zero-order valence-electron chi connectivity index (χ0n) is 69.0. The van der Waals surface area contributed by atoms with Crippen LogP contribution >= 0.6 is 0 Å². The maximum Gasteiger partial charge on any atom is 0.406 e. The van der Waals surface area contributed by atoms with Crippen LogP contribution in [0.2, 0.25) is 0 Å². The number of hydrogen-bond donors (Lipinski definition) is 9. The van der Waals surface area contributed by atoms with Gasteiger partial charge in [0.25, 0.3) is 30.1 Å². The van der Waals surface area contributed by atoms with Crippen LogP contribution in [0.5, 0.6) is 0 Å². The van der Waals surface area contributed by atoms with Gasteiger partial charge >= 0.3 is 18.5 Å². The Morgan fingerprint density at radius 2 is 0.724 bits per heavy atom. The Kier molecular flexibility index (Phi) is 28.7. The van der Waals surface area contributed by atoms with Crippen LogP contribution in [-0.2, 0) is 59.5 Å². The second-order valence-electron chi connectivity index (χ2n) is 30.6. The fourth-order valence-corrected chi connectivity index (χ4v) is 19.0. The predicted molar refractivity (Wildman–Crippen MR) is 472 cm³/mol. The van der Waals surface area contributed by atoms with E-state index in [-0.39, 0.29) is 98.5 Å². The van der Waals surface area contributed by atoms with E-state index in [1.807, 2.05) is 12.1 Å². The average molecular weight is 1830 g/mol. The standard InChI is InChI=1S/C30H31F3N6O2S.C29H31F3N6O3S.C28H28F3N5O5S2/c1-38-18-14-23(15-19-38)36-27-7-4-8-28-26(27)20-24(39(28)21-30(31,32)33)6-5-17-34-22-10-12-25(13-11-22)42(40,41)37-29-9-2-3-16-35-29;1-20-17-28(35-41-20)36-42(39,40)24-10-8-21(9-11-24)33-14-4-5-23-18-25-26(34-22-12-15-37(2)16-13-22)6-3-7-27(25)38(23)19-29(30,31)32;1-19-16-27(34-41-19)35-43(39,40)23-9-7-20(8-10-23)32-13-3-4-22-17-24-25(33-21-11-14-42(37,38)15-12-21)5-2-6-26(24)36(22)18-28(29,30)31/h2-4,7-13,16,20,23,34,36H,14-15,17-19,21H2,1H3,(H,35,37);3,6-11,17-18,22,33-34H,12-16,19H2,1-2H3,(H,35,36);2,5-10,16-17,21,32-33H,11-15,18H2,1H3,(H,34,35). The molecule has 9 heterocycles. The zero-order valence-corrected chi connectivity index (χ0v) is 72.2.